The molecule has 8 heteroatoms. The van der Waals surface area contributed by atoms with Crippen LogP contribution in [0.4, 0.5) is 5.82 Å². The number of carbonyl (C=O) groups excluding carboxylic acids is 2. The number of anilines is 1. The molecule has 2 aromatic heterocycles. The molecule has 2 N–H and O–H groups in total. The zero-order valence-electron chi connectivity index (χ0n) is 14.7. The molecule has 2 amide bonds. The van der Waals surface area contributed by atoms with Crippen LogP contribution in [0.15, 0.2) is 18.6 Å². The number of hydrogen-bond acceptors (Lipinski definition) is 4. The van der Waals surface area contributed by atoms with E-state index in [-0.39, 0.29) is 17.7 Å². The molecule has 0 bridgehead atoms. The molecule has 0 aromatic carbocycles. The van der Waals surface area contributed by atoms with Crippen LogP contribution >= 0.6 is 0 Å². The largest absolute Gasteiger partial charge is 0.355 e. The number of amides is 2. The minimum absolute atomic E-state index is 0.206. The maximum absolute atomic E-state index is 12.7. The molecule has 0 saturated heterocycles. The van der Waals surface area contributed by atoms with Crippen LogP contribution in [0.2, 0.25) is 0 Å². The highest BCUT2D eigenvalue weighted by atomic mass is 16.2. The first-order valence-corrected chi connectivity index (χ1v) is 8.02. The molecule has 1 unspecified atom stereocenters. The summed E-state index contributed by atoms with van der Waals surface area (Å²) >= 11 is 0. The minimum atomic E-state index is -0.456. The molecule has 130 valence electrons. The molecule has 8 nitrogen and oxygen atoms in total. The number of nitrogens with one attached hydrogen (secondary N) is 2. The molecule has 24 heavy (non-hydrogen) atoms. The summed E-state index contributed by atoms with van der Waals surface area (Å²) in [6.45, 7) is 8.30. The van der Waals surface area contributed by atoms with Crippen molar-refractivity contribution in [1.29, 1.82) is 0 Å². The summed E-state index contributed by atoms with van der Waals surface area (Å²) < 4.78 is 3.43. The second-order valence-corrected chi connectivity index (χ2v) is 5.81. The quantitative estimate of drug-likeness (QED) is 0.843. The number of nitrogens with zero attached hydrogens (tertiary/aromatic N) is 4. The van der Waals surface area contributed by atoms with Gasteiger partial charge in [0, 0.05) is 31.9 Å². The normalized spacial score (nSPS) is 12.2. The highest BCUT2D eigenvalue weighted by Crippen LogP contribution is 2.20. The molecule has 0 aliphatic carbocycles. The van der Waals surface area contributed by atoms with Gasteiger partial charge in [0.1, 0.15) is 23.2 Å². The van der Waals surface area contributed by atoms with Crippen molar-refractivity contribution < 1.29 is 9.59 Å². The van der Waals surface area contributed by atoms with E-state index in [0.29, 0.717) is 17.9 Å². The second-order valence-electron chi connectivity index (χ2n) is 5.81. The fourth-order valence-corrected chi connectivity index (χ4v) is 2.50. The van der Waals surface area contributed by atoms with E-state index < -0.39 is 6.04 Å². The van der Waals surface area contributed by atoms with Crippen molar-refractivity contribution >= 4 is 17.6 Å². The van der Waals surface area contributed by atoms with Gasteiger partial charge in [0.15, 0.2) is 0 Å². The molecule has 0 aliphatic heterocycles. The van der Waals surface area contributed by atoms with Crippen LogP contribution < -0.4 is 10.6 Å². The van der Waals surface area contributed by atoms with E-state index in [1.54, 1.807) is 31.0 Å². The predicted molar refractivity (Wildman–Crippen MR) is 90.9 cm³/mol. The zero-order chi connectivity index (χ0) is 17.9. The lowest BCUT2D eigenvalue weighted by atomic mass is 10.2. The van der Waals surface area contributed by atoms with Crippen molar-refractivity contribution in [2.24, 2.45) is 0 Å². The molecular formula is C16H24N6O2. The lowest BCUT2D eigenvalue weighted by Crippen LogP contribution is -2.28. The molecule has 0 fully saturated rings. The molecule has 0 saturated carbocycles. The van der Waals surface area contributed by atoms with Crippen LogP contribution in [0.3, 0.4) is 0 Å². The minimum Gasteiger partial charge on any atom is -0.355 e. The van der Waals surface area contributed by atoms with Crippen LogP contribution in [0, 0.1) is 0 Å². The Morgan fingerprint density at radius 2 is 2.00 bits per heavy atom. The van der Waals surface area contributed by atoms with Crippen molar-refractivity contribution in [3.63, 3.8) is 0 Å². The van der Waals surface area contributed by atoms with Crippen molar-refractivity contribution in [3.8, 4) is 0 Å². The molecule has 1 atom stereocenters. The van der Waals surface area contributed by atoms with Gasteiger partial charge in [-0.2, -0.15) is 5.10 Å². The Morgan fingerprint density at radius 3 is 2.58 bits per heavy atom. The first-order valence-electron chi connectivity index (χ1n) is 8.02. The lowest BCUT2D eigenvalue weighted by molar-refractivity contribution is -0.118. The number of carbonyl (C=O) groups is 2. The Kier molecular flexibility index (Phi) is 5.38. The smallest absolute Gasteiger partial charge is 0.256 e. The molecule has 0 spiro atoms. The van der Waals surface area contributed by atoms with Crippen molar-refractivity contribution in [2.45, 2.75) is 46.2 Å². The molecule has 0 radical (unpaired) electrons. The molecule has 2 heterocycles. The van der Waals surface area contributed by atoms with Gasteiger partial charge in [0.2, 0.25) is 5.91 Å². The van der Waals surface area contributed by atoms with E-state index in [2.05, 4.69) is 20.7 Å². The first kappa shape index (κ1) is 17.7. The fraction of sp³-hybridized carbons (Fsp3) is 0.500. The SMILES string of the molecule is CCn1ncc(C(=O)NC)c1NC(=O)C(C)n1ccnc1C(C)C. The third kappa shape index (κ3) is 3.32. The standard InChI is InChI=1S/C16H24N6O2/c1-6-22-14(12(9-19-22)16(24)17-5)20-15(23)11(4)21-8-7-18-13(21)10(2)3/h7-11H,6H2,1-5H3,(H,17,24)(H,20,23). The number of rotatable bonds is 6. The monoisotopic (exact) mass is 332 g/mol. The molecule has 2 aromatic rings. The highest BCUT2D eigenvalue weighted by Gasteiger charge is 2.23. The molecule has 2 rings (SSSR count). The average molecular weight is 332 g/mol. The van der Waals surface area contributed by atoms with Crippen LogP contribution in [0.25, 0.3) is 0 Å². The molecule has 0 aliphatic rings. The Balaban J connectivity index is 2.27. The third-order valence-corrected chi connectivity index (χ3v) is 3.86. The van der Waals surface area contributed by atoms with E-state index in [1.807, 2.05) is 25.3 Å². The summed E-state index contributed by atoms with van der Waals surface area (Å²) in [4.78, 5) is 28.9. The average Bonchev–Trinajstić information content (AvgIpc) is 3.20. The predicted octanol–water partition coefficient (Wildman–Crippen LogP) is 1.78. The lowest BCUT2D eigenvalue weighted by Gasteiger charge is -2.18. The van der Waals surface area contributed by atoms with Gasteiger partial charge in [-0.15, -0.1) is 0 Å². The van der Waals surface area contributed by atoms with Crippen LogP contribution in [0.5, 0.6) is 0 Å². The first-order chi connectivity index (χ1) is 11.4. The van der Waals surface area contributed by atoms with Gasteiger partial charge in [-0.3, -0.25) is 9.59 Å². The van der Waals surface area contributed by atoms with E-state index in [9.17, 15) is 9.59 Å². The van der Waals surface area contributed by atoms with Gasteiger partial charge in [-0.25, -0.2) is 9.67 Å². The Hall–Kier alpha value is -2.64. The fourth-order valence-electron chi connectivity index (χ4n) is 2.50. The van der Waals surface area contributed by atoms with Crippen LogP contribution in [0.1, 0.15) is 55.8 Å². The summed E-state index contributed by atoms with van der Waals surface area (Å²) in [5.74, 6) is 0.935. The zero-order valence-corrected chi connectivity index (χ0v) is 14.7. The van der Waals surface area contributed by atoms with Crippen molar-refractivity contribution in [3.05, 3.63) is 30.0 Å². The van der Waals surface area contributed by atoms with E-state index in [0.717, 1.165) is 5.82 Å². The maximum atomic E-state index is 12.7. The Bertz CT molecular complexity index is 731. The third-order valence-electron chi connectivity index (χ3n) is 3.86. The number of imidazole rings is 1. The van der Waals surface area contributed by atoms with Crippen molar-refractivity contribution in [2.75, 3.05) is 12.4 Å². The summed E-state index contributed by atoms with van der Waals surface area (Å²) in [6.07, 6.45) is 4.93. The topological polar surface area (TPSA) is 93.8 Å². The van der Waals surface area contributed by atoms with Gasteiger partial charge >= 0.3 is 0 Å². The maximum Gasteiger partial charge on any atom is 0.256 e. The number of aryl methyl sites for hydroxylation is 1. The van der Waals surface area contributed by atoms with Gasteiger partial charge in [-0.05, 0) is 13.8 Å². The van der Waals surface area contributed by atoms with Gasteiger partial charge in [-0.1, -0.05) is 13.8 Å². The summed E-state index contributed by atoms with van der Waals surface area (Å²) in [5.41, 5.74) is 0.342. The van der Waals surface area contributed by atoms with Crippen LogP contribution in [-0.2, 0) is 11.3 Å². The summed E-state index contributed by atoms with van der Waals surface area (Å²) in [5, 5.41) is 9.53. The van der Waals surface area contributed by atoms with Crippen LogP contribution in [-0.4, -0.2) is 38.2 Å². The summed E-state index contributed by atoms with van der Waals surface area (Å²) in [7, 11) is 1.54. The van der Waals surface area contributed by atoms with E-state index in [1.165, 1.54) is 6.20 Å². The van der Waals surface area contributed by atoms with Gasteiger partial charge in [0.05, 0.1) is 6.20 Å². The number of aromatic nitrogens is 4. The Morgan fingerprint density at radius 1 is 1.29 bits per heavy atom. The number of hydrogen-bond donors (Lipinski definition) is 2. The van der Waals surface area contributed by atoms with E-state index in [4.69, 9.17) is 0 Å². The van der Waals surface area contributed by atoms with Gasteiger partial charge in [0.25, 0.3) is 5.91 Å². The summed E-state index contributed by atoms with van der Waals surface area (Å²) in [6, 6.07) is -0.456. The molecular weight excluding hydrogens is 308 g/mol. The van der Waals surface area contributed by atoms with E-state index >= 15 is 0 Å². The Labute approximate surface area is 141 Å². The highest BCUT2D eigenvalue weighted by molar-refractivity contribution is 6.03. The van der Waals surface area contributed by atoms with Gasteiger partial charge < -0.3 is 15.2 Å². The second kappa shape index (κ2) is 7.29. The van der Waals surface area contributed by atoms with Crippen molar-refractivity contribution in [1.82, 2.24) is 24.6 Å².